The molecule has 2 unspecified atom stereocenters. The van der Waals surface area contributed by atoms with Gasteiger partial charge in [0, 0.05) is 0 Å². The summed E-state index contributed by atoms with van der Waals surface area (Å²) in [6, 6.07) is 0. The Bertz CT molecular complexity index is 276. The molecule has 0 radical (unpaired) electrons. The van der Waals surface area contributed by atoms with Crippen LogP contribution >= 0.6 is 16.5 Å². The summed E-state index contributed by atoms with van der Waals surface area (Å²) in [6.07, 6.45) is 10.4. The fraction of sp³-hybridized carbons (Fsp3) is 1.00. The van der Waals surface area contributed by atoms with Crippen molar-refractivity contribution in [3.63, 3.8) is 0 Å². The van der Waals surface area contributed by atoms with Gasteiger partial charge in [-0.3, -0.25) is 0 Å². The van der Waals surface area contributed by atoms with Gasteiger partial charge in [-0.25, -0.2) is 0 Å². The predicted octanol–water partition coefficient (Wildman–Crippen LogP) is 2.70. The summed E-state index contributed by atoms with van der Waals surface area (Å²) in [6.45, 7) is 0. The van der Waals surface area contributed by atoms with Gasteiger partial charge in [0.05, 0.1) is 0 Å². The number of rotatable bonds is 4. The molecule has 2 atom stereocenters. The van der Waals surface area contributed by atoms with Crippen molar-refractivity contribution in [3.8, 4) is 0 Å². The Hall–Kier alpha value is 0.534. The van der Waals surface area contributed by atoms with Crippen LogP contribution in [0.1, 0.15) is 64.2 Å². The first-order valence-electron chi connectivity index (χ1n) is 7.20. The third-order valence-electron chi connectivity index (χ3n) is 3.57. The summed E-state index contributed by atoms with van der Waals surface area (Å²) < 4.78 is 29.5. The van der Waals surface area contributed by atoms with E-state index in [2.05, 4.69) is 9.05 Å². The van der Waals surface area contributed by atoms with E-state index < -0.39 is 16.5 Å². The average Bonchev–Trinajstić information content (AvgIpc) is 2.40. The van der Waals surface area contributed by atoms with Crippen LogP contribution in [0, 0.1) is 0 Å². The minimum atomic E-state index is -2.62. The molecule has 0 saturated heterocycles. The van der Waals surface area contributed by atoms with E-state index in [1.807, 2.05) is 0 Å². The Morgan fingerprint density at radius 1 is 0.667 bits per heavy atom. The SMILES string of the molecule is O=[P+]([O-])OC1CCCCC1.O=[P+]([O-])OC1CCCCC1.[Ni+2]. The van der Waals surface area contributed by atoms with Gasteiger partial charge < -0.3 is 9.79 Å². The quantitative estimate of drug-likeness (QED) is 0.547. The summed E-state index contributed by atoms with van der Waals surface area (Å²) >= 11 is 0. The molecule has 124 valence electrons. The molecular weight excluding hydrogens is 361 g/mol. The molecule has 0 heterocycles. The minimum absolute atomic E-state index is 0. The average molecular weight is 383 g/mol. The van der Waals surface area contributed by atoms with E-state index in [9.17, 15) is 18.9 Å². The van der Waals surface area contributed by atoms with Crippen LogP contribution in [0.2, 0.25) is 0 Å². The topological polar surface area (TPSA) is 98.7 Å². The van der Waals surface area contributed by atoms with Gasteiger partial charge in [0.15, 0.2) is 0 Å². The van der Waals surface area contributed by atoms with Crippen LogP contribution < -0.4 is 9.79 Å². The van der Waals surface area contributed by atoms with Crippen LogP contribution in [0.4, 0.5) is 0 Å². The fourth-order valence-corrected chi connectivity index (χ4v) is 3.49. The van der Waals surface area contributed by atoms with E-state index in [0.29, 0.717) is 0 Å². The maximum Gasteiger partial charge on any atom is 2.00 e. The maximum absolute atomic E-state index is 10.1. The molecule has 21 heavy (non-hydrogen) atoms. The van der Waals surface area contributed by atoms with Crippen molar-refractivity contribution < 1.29 is 44.5 Å². The molecule has 2 fully saturated rings. The van der Waals surface area contributed by atoms with Gasteiger partial charge in [-0.15, -0.1) is 9.05 Å². The first kappa shape index (κ1) is 21.5. The second-order valence-electron chi connectivity index (χ2n) is 5.18. The van der Waals surface area contributed by atoms with E-state index in [1.165, 1.54) is 12.8 Å². The van der Waals surface area contributed by atoms with Gasteiger partial charge >= 0.3 is 33.0 Å². The summed E-state index contributed by atoms with van der Waals surface area (Å²) in [5.41, 5.74) is 0. The van der Waals surface area contributed by atoms with E-state index >= 15 is 0 Å². The van der Waals surface area contributed by atoms with Crippen molar-refractivity contribution in [1.82, 2.24) is 0 Å². The molecule has 2 aliphatic carbocycles. The maximum atomic E-state index is 10.1. The molecule has 0 aromatic carbocycles. The number of hydrogen-bond acceptors (Lipinski definition) is 6. The molecule has 0 spiro atoms. The van der Waals surface area contributed by atoms with E-state index in [0.717, 1.165) is 51.4 Å². The molecule has 2 rings (SSSR count). The predicted molar refractivity (Wildman–Crippen MR) is 71.1 cm³/mol. The molecule has 0 aromatic heterocycles. The summed E-state index contributed by atoms with van der Waals surface area (Å²) in [4.78, 5) is 20.2. The molecule has 0 bridgehead atoms. The third-order valence-corrected chi connectivity index (χ3v) is 4.52. The minimum Gasteiger partial charge on any atom is -0.566 e. The first-order chi connectivity index (χ1) is 9.58. The van der Waals surface area contributed by atoms with Gasteiger partial charge in [-0.05, 0) is 34.8 Å². The van der Waals surface area contributed by atoms with Crippen molar-refractivity contribution in [3.05, 3.63) is 0 Å². The standard InChI is InChI=1S/2C6H11O3P.Ni/c2*7-10(8)9-6-4-2-1-3-5-6;/h2*6H,1-5H2;/q;;+2. The Morgan fingerprint density at radius 2 is 0.952 bits per heavy atom. The van der Waals surface area contributed by atoms with Crippen LogP contribution in [-0.2, 0) is 34.7 Å². The molecule has 9 heteroatoms. The summed E-state index contributed by atoms with van der Waals surface area (Å²) in [5.74, 6) is 0. The van der Waals surface area contributed by atoms with Gasteiger partial charge in [0.2, 0.25) is 0 Å². The monoisotopic (exact) mass is 382 g/mol. The largest absolute Gasteiger partial charge is 2.00 e. The first-order valence-corrected chi connectivity index (χ1v) is 9.39. The Kier molecular flexibility index (Phi) is 13.3. The molecule has 0 N–H and O–H groups in total. The van der Waals surface area contributed by atoms with Crippen LogP contribution in [-0.4, -0.2) is 12.2 Å². The third kappa shape index (κ3) is 11.7. The van der Waals surface area contributed by atoms with E-state index in [1.54, 1.807) is 0 Å². The Balaban J connectivity index is 0.000000364. The van der Waals surface area contributed by atoms with Crippen molar-refractivity contribution in [1.29, 1.82) is 0 Å². The Morgan fingerprint density at radius 3 is 1.19 bits per heavy atom. The van der Waals surface area contributed by atoms with E-state index in [-0.39, 0.29) is 28.7 Å². The molecule has 0 aromatic rings. The molecule has 0 amide bonds. The zero-order valence-electron chi connectivity index (χ0n) is 11.9. The van der Waals surface area contributed by atoms with Gasteiger partial charge in [0.25, 0.3) is 0 Å². The summed E-state index contributed by atoms with van der Waals surface area (Å²) in [7, 11) is -5.25. The zero-order valence-corrected chi connectivity index (χ0v) is 14.7. The second kappa shape index (κ2) is 13.0. The molecule has 2 aliphatic rings. The zero-order chi connectivity index (χ0) is 14.8. The molecular formula is C12H22NiO6P2+2. The Labute approximate surface area is 137 Å². The van der Waals surface area contributed by atoms with Crippen molar-refractivity contribution >= 4 is 16.5 Å². The van der Waals surface area contributed by atoms with Crippen LogP contribution in [0.25, 0.3) is 0 Å². The van der Waals surface area contributed by atoms with Gasteiger partial charge in [0.1, 0.15) is 12.2 Å². The van der Waals surface area contributed by atoms with Crippen molar-refractivity contribution in [2.75, 3.05) is 0 Å². The number of hydrogen-bond donors (Lipinski definition) is 0. The van der Waals surface area contributed by atoms with E-state index in [4.69, 9.17) is 0 Å². The molecule has 0 aliphatic heterocycles. The normalized spacial score (nSPS) is 21.6. The fourth-order valence-electron chi connectivity index (χ4n) is 2.58. The van der Waals surface area contributed by atoms with Crippen molar-refractivity contribution in [2.45, 2.75) is 76.4 Å². The second-order valence-corrected chi connectivity index (χ2v) is 6.49. The van der Waals surface area contributed by atoms with Gasteiger partial charge in [-0.2, -0.15) is 0 Å². The van der Waals surface area contributed by atoms with Crippen molar-refractivity contribution in [2.24, 2.45) is 0 Å². The van der Waals surface area contributed by atoms with Crippen LogP contribution in [0.15, 0.2) is 0 Å². The van der Waals surface area contributed by atoms with Crippen LogP contribution in [0.5, 0.6) is 0 Å². The summed E-state index contributed by atoms with van der Waals surface area (Å²) in [5, 5.41) is 0. The smallest absolute Gasteiger partial charge is 0.566 e. The molecule has 6 nitrogen and oxygen atoms in total. The van der Waals surface area contributed by atoms with Crippen LogP contribution in [0.3, 0.4) is 0 Å². The molecule has 2 saturated carbocycles. The van der Waals surface area contributed by atoms with Gasteiger partial charge in [-0.1, -0.05) is 38.5 Å².